The minimum Gasteiger partial charge on any atom is -0.493 e. The van der Waals surface area contributed by atoms with Crippen LogP contribution in [0, 0.1) is 6.92 Å². The summed E-state index contributed by atoms with van der Waals surface area (Å²) in [5.74, 6) is 1.22. The number of hydrogen-bond donors (Lipinski definition) is 1. The van der Waals surface area contributed by atoms with Crippen LogP contribution in [-0.4, -0.2) is 75.9 Å². The third-order valence-corrected chi connectivity index (χ3v) is 6.29. The topological polar surface area (TPSA) is 80.3 Å². The Morgan fingerprint density at radius 3 is 2.39 bits per heavy atom. The average Bonchev–Trinajstić information content (AvgIpc) is 3.23. The van der Waals surface area contributed by atoms with Crippen LogP contribution in [0.15, 0.2) is 29.6 Å². The second kappa shape index (κ2) is 13.7. The molecule has 182 valence electrons. The number of amides is 3. The van der Waals surface area contributed by atoms with Crippen LogP contribution in [-0.2, 0) is 22.5 Å². The number of nitrogens with zero attached hydrogens (tertiary/aromatic N) is 2. The summed E-state index contributed by atoms with van der Waals surface area (Å²) in [6.07, 6.45) is 0.649. The molecule has 0 unspecified atom stereocenters. The Balaban J connectivity index is 2.17. The second-order valence-corrected chi connectivity index (χ2v) is 8.53. The molecule has 0 aliphatic heterocycles. The third-order valence-electron chi connectivity index (χ3n) is 5.28. The quantitative estimate of drug-likeness (QED) is 0.479. The molecule has 0 saturated heterocycles. The average molecular weight is 478 g/mol. The predicted octanol–water partition coefficient (Wildman–Crippen LogP) is 3.32. The van der Waals surface area contributed by atoms with Gasteiger partial charge in [0.25, 0.3) is 0 Å². The van der Waals surface area contributed by atoms with Crippen molar-refractivity contribution in [2.45, 2.75) is 26.8 Å². The number of carbonyl (C=O) groups excluding carboxylic acids is 2. The summed E-state index contributed by atoms with van der Waals surface area (Å²) in [5, 5.41) is 4.80. The van der Waals surface area contributed by atoms with Gasteiger partial charge in [0.15, 0.2) is 11.5 Å². The number of ether oxygens (including phenoxy) is 3. The highest BCUT2D eigenvalue weighted by Crippen LogP contribution is 2.28. The zero-order chi connectivity index (χ0) is 24.2. The van der Waals surface area contributed by atoms with Crippen molar-refractivity contribution in [2.75, 3.05) is 54.1 Å². The Morgan fingerprint density at radius 2 is 1.79 bits per heavy atom. The Morgan fingerprint density at radius 1 is 1.03 bits per heavy atom. The van der Waals surface area contributed by atoms with Gasteiger partial charge in [-0.15, -0.1) is 11.3 Å². The maximum atomic E-state index is 13.3. The molecule has 1 aromatic carbocycles. The van der Waals surface area contributed by atoms with Gasteiger partial charge in [-0.3, -0.25) is 4.79 Å². The van der Waals surface area contributed by atoms with Gasteiger partial charge in [0.05, 0.1) is 27.4 Å². The van der Waals surface area contributed by atoms with Gasteiger partial charge >= 0.3 is 6.03 Å². The fourth-order valence-corrected chi connectivity index (χ4v) is 4.23. The molecule has 1 N–H and O–H groups in total. The lowest BCUT2D eigenvalue weighted by Gasteiger charge is -2.28. The molecule has 1 aromatic heterocycles. The largest absolute Gasteiger partial charge is 0.493 e. The first-order chi connectivity index (χ1) is 15.9. The third kappa shape index (κ3) is 7.94. The maximum absolute atomic E-state index is 13.3. The number of thiophene rings is 1. The van der Waals surface area contributed by atoms with Crippen molar-refractivity contribution in [3.05, 3.63) is 45.6 Å². The molecular weight excluding hydrogens is 442 g/mol. The van der Waals surface area contributed by atoms with Crippen molar-refractivity contribution >= 4 is 23.3 Å². The molecule has 9 heteroatoms. The lowest BCUT2D eigenvalue weighted by molar-refractivity contribution is -0.132. The van der Waals surface area contributed by atoms with Crippen LogP contribution >= 0.6 is 11.3 Å². The molecule has 2 aromatic rings. The highest BCUT2D eigenvalue weighted by molar-refractivity contribution is 7.10. The van der Waals surface area contributed by atoms with Crippen LogP contribution in [0.25, 0.3) is 0 Å². The molecule has 0 saturated carbocycles. The number of aryl methyl sites for hydroxylation is 1. The van der Waals surface area contributed by atoms with Crippen molar-refractivity contribution in [3.8, 4) is 11.5 Å². The zero-order valence-electron chi connectivity index (χ0n) is 20.2. The van der Waals surface area contributed by atoms with E-state index >= 15 is 0 Å². The summed E-state index contributed by atoms with van der Waals surface area (Å²) in [5.41, 5.74) is 2.19. The molecule has 0 bridgehead atoms. The molecule has 0 atom stereocenters. The highest BCUT2D eigenvalue weighted by Gasteiger charge is 2.22. The Hall–Kier alpha value is -2.78. The summed E-state index contributed by atoms with van der Waals surface area (Å²) < 4.78 is 15.8. The van der Waals surface area contributed by atoms with Crippen molar-refractivity contribution in [1.82, 2.24) is 15.1 Å². The second-order valence-electron chi connectivity index (χ2n) is 7.53. The van der Waals surface area contributed by atoms with E-state index in [4.69, 9.17) is 14.2 Å². The van der Waals surface area contributed by atoms with E-state index in [-0.39, 0.29) is 18.5 Å². The number of hydrogen-bond acceptors (Lipinski definition) is 6. The molecule has 0 radical (unpaired) electrons. The highest BCUT2D eigenvalue weighted by atomic mass is 32.1. The first-order valence-corrected chi connectivity index (χ1v) is 11.8. The Labute approximate surface area is 200 Å². The van der Waals surface area contributed by atoms with Gasteiger partial charge in [0.1, 0.15) is 6.54 Å². The minimum atomic E-state index is -0.268. The zero-order valence-corrected chi connectivity index (χ0v) is 21.0. The van der Waals surface area contributed by atoms with E-state index in [2.05, 4.69) is 11.4 Å². The number of nitrogens with one attached hydrogen (secondary N) is 1. The van der Waals surface area contributed by atoms with E-state index in [0.29, 0.717) is 50.7 Å². The summed E-state index contributed by atoms with van der Waals surface area (Å²) in [6, 6.07) is 7.55. The van der Waals surface area contributed by atoms with Gasteiger partial charge in [-0.05, 0) is 55.0 Å². The minimum absolute atomic E-state index is 0.00838. The fraction of sp³-hybridized carbons (Fsp3) is 0.500. The summed E-state index contributed by atoms with van der Waals surface area (Å²) in [7, 11) is 4.78. The van der Waals surface area contributed by atoms with Gasteiger partial charge in [-0.1, -0.05) is 6.07 Å². The van der Waals surface area contributed by atoms with E-state index < -0.39 is 0 Å². The lowest BCUT2D eigenvalue weighted by atomic mass is 10.1. The van der Waals surface area contributed by atoms with Crippen molar-refractivity contribution in [1.29, 1.82) is 0 Å². The number of methoxy groups -OCH3 is 3. The van der Waals surface area contributed by atoms with E-state index in [1.165, 1.54) is 4.90 Å². The molecule has 33 heavy (non-hydrogen) atoms. The monoisotopic (exact) mass is 477 g/mol. The van der Waals surface area contributed by atoms with Gasteiger partial charge < -0.3 is 29.3 Å². The summed E-state index contributed by atoms with van der Waals surface area (Å²) >= 11 is 1.63. The van der Waals surface area contributed by atoms with Crippen LogP contribution in [0.1, 0.15) is 22.9 Å². The van der Waals surface area contributed by atoms with Crippen LogP contribution in [0.3, 0.4) is 0 Å². The first-order valence-electron chi connectivity index (χ1n) is 11.0. The standard InChI is InChI=1S/C24H35N3O5S/c1-6-25-24(29)27(12-13-30-3)17-23(28)26(16-22-18(2)10-14-33-22)11-9-19-7-8-20(31-4)21(15-19)32-5/h7-8,10,14-15H,6,9,11-13,16-17H2,1-5H3,(H,25,29). The molecule has 1 heterocycles. The van der Waals surface area contributed by atoms with E-state index in [0.717, 1.165) is 16.0 Å². The number of rotatable bonds is 13. The predicted molar refractivity (Wildman–Crippen MR) is 130 cm³/mol. The molecule has 8 nitrogen and oxygen atoms in total. The smallest absolute Gasteiger partial charge is 0.317 e. The Bertz CT molecular complexity index is 902. The molecule has 2 rings (SSSR count). The molecule has 0 aliphatic carbocycles. The van der Waals surface area contributed by atoms with E-state index in [1.54, 1.807) is 32.7 Å². The van der Waals surface area contributed by atoms with Crippen molar-refractivity contribution < 1.29 is 23.8 Å². The fourth-order valence-electron chi connectivity index (χ4n) is 3.31. The summed E-state index contributed by atoms with van der Waals surface area (Å²) in [4.78, 5) is 30.2. The van der Waals surface area contributed by atoms with E-state index in [1.807, 2.05) is 42.3 Å². The van der Waals surface area contributed by atoms with Crippen LogP contribution < -0.4 is 14.8 Å². The maximum Gasteiger partial charge on any atom is 0.317 e. The summed E-state index contributed by atoms with van der Waals surface area (Å²) in [6.45, 7) is 6.10. The first kappa shape index (κ1) is 26.5. The van der Waals surface area contributed by atoms with Crippen LogP contribution in [0.5, 0.6) is 11.5 Å². The van der Waals surface area contributed by atoms with Gasteiger partial charge in [0.2, 0.25) is 5.91 Å². The Kier molecular flexibility index (Phi) is 11.0. The van der Waals surface area contributed by atoms with Crippen molar-refractivity contribution in [2.24, 2.45) is 0 Å². The number of carbonyl (C=O) groups is 2. The molecule has 0 fully saturated rings. The molecule has 3 amide bonds. The van der Waals surface area contributed by atoms with Crippen molar-refractivity contribution in [3.63, 3.8) is 0 Å². The number of urea groups is 1. The lowest BCUT2D eigenvalue weighted by Crippen LogP contribution is -2.48. The van der Waals surface area contributed by atoms with Crippen LogP contribution in [0.4, 0.5) is 4.79 Å². The van der Waals surface area contributed by atoms with Crippen LogP contribution in [0.2, 0.25) is 0 Å². The normalized spacial score (nSPS) is 10.6. The van der Waals surface area contributed by atoms with Gasteiger partial charge in [-0.2, -0.15) is 0 Å². The molecular formula is C24H35N3O5S. The molecule has 0 aliphatic rings. The van der Waals surface area contributed by atoms with E-state index in [9.17, 15) is 9.59 Å². The van der Waals surface area contributed by atoms with Gasteiger partial charge in [0, 0.05) is 31.6 Å². The molecule has 0 spiro atoms. The SMILES string of the molecule is CCNC(=O)N(CCOC)CC(=O)N(CCc1ccc(OC)c(OC)c1)Cc1sccc1C. The number of benzene rings is 1. The van der Waals surface area contributed by atoms with Gasteiger partial charge in [-0.25, -0.2) is 4.79 Å².